The van der Waals surface area contributed by atoms with Gasteiger partial charge in [-0.25, -0.2) is 17.5 Å². The lowest BCUT2D eigenvalue weighted by Crippen LogP contribution is -2.45. The first kappa shape index (κ1) is 25.1. The second-order valence-electron chi connectivity index (χ2n) is 8.74. The zero-order valence-corrected chi connectivity index (χ0v) is 20.5. The molecule has 0 aliphatic carbocycles. The molecule has 0 saturated carbocycles. The minimum Gasteiger partial charge on any atom is -0.494 e. The van der Waals surface area contributed by atoms with Crippen molar-refractivity contribution in [2.45, 2.75) is 36.7 Å². The number of likely N-dealkylation sites (tertiary alicyclic amines) is 1. The predicted molar refractivity (Wildman–Crippen MR) is 133 cm³/mol. The first-order chi connectivity index (χ1) is 16.8. The van der Waals surface area contributed by atoms with Crippen LogP contribution in [-0.2, 0) is 21.4 Å². The Hall–Kier alpha value is -3.01. The summed E-state index contributed by atoms with van der Waals surface area (Å²) >= 11 is 0. The molecule has 1 saturated heterocycles. The molecular formula is C26H30FN3O4S. The van der Waals surface area contributed by atoms with Gasteiger partial charge in [-0.3, -0.25) is 9.69 Å². The molecule has 3 aromatic rings. The highest BCUT2D eigenvalue weighted by Gasteiger charge is 2.21. The number of nitrogens with zero attached hydrogens (tertiary/aromatic N) is 1. The van der Waals surface area contributed by atoms with Crippen molar-refractivity contribution in [3.63, 3.8) is 0 Å². The average Bonchev–Trinajstić information content (AvgIpc) is 2.85. The number of methoxy groups -OCH3 is 1. The number of rotatable bonds is 9. The Labute approximate surface area is 205 Å². The quantitative estimate of drug-likeness (QED) is 0.471. The van der Waals surface area contributed by atoms with Crippen molar-refractivity contribution in [3.05, 3.63) is 72.0 Å². The van der Waals surface area contributed by atoms with Crippen LogP contribution in [0.3, 0.4) is 0 Å². The van der Waals surface area contributed by atoms with Gasteiger partial charge in [0.15, 0.2) is 11.6 Å². The van der Waals surface area contributed by atoms with E-state index in [0.29, 0.717) is 6.54 Å². The molecule has 2 N–H and O–H groups in total. The number of ether oxygens (including phenoxy) is 1. The summed E-state index contributed by atoms with van der Waals surface area (Å²) in [6.07, 6.45) is 1.64. The first-order valence-electron chi connectivity index (χ1n) is 11.7. The van der Waals surface area contributed by atoms with Crippen LogP contribution in [0.4, 0.5) is 4.39 Å². The number of fused-ring (bicyclic) bond motifs is 1. The topological polar surface area (TPSA) is 87.7 Å². The lowest BCUT2D eigenvalue weighted by molar-refractivity contribution is -0.121. The van der Waals surface area contributed by atoms with Gasteiger partial charge in [0.05, 0.1) is 12.0 Å². The van der Waals surface area contributed by atoms with E-state index in [1.54, 1.807) is 24.3 Å². The fourth-order valence-corrected chi connectivity index (χ4v) is 5.39. The Morgan fingerprint density at radius 1 is 1.06 bits per heavy atom. The lowest BCUT2D eigenvalue weighted by Gasteiger charge is -2.32. The van der Waals surface area contributed by atoms with Crippen LogP contribution in [0.5, 0.6) is 5.75 Å². The van der Waals surface area contributed by atoms with Gasteiger partial charge < -0.3 is 10.1 Å². The molecule has 9 heteroatoms. The first-order valence-corrected chi connectivity index (χ1v) is 13.1. The smallest absolute Gasteiger partial charge is 0.240 e. The normalized spacial score (nSPS) is 15.3. The predicted octanol–water partition coefficient (Wildman–Crippen LogP) is 3.44. The molecule has 1 aliphatic heterocycles. The lowest BCUT2D eigenvalue weighted by atomic mass is 10.0. The summed E-state index contributed by atoms with van der Waals surface area (Å²) in [5.74, 6) is -0.319. The summed E-state index contributed by atoms with van der Waals surface area (Å²) in [7, 11) is -2.25. The van der Waals surface area contributed by atoms with Gasteiger partial charge in [0.25, 0.3) is 0 Å². The van der Waals surface area contributed by atoms with Gasteiger partial charge in [0, 0.05) is 38.6 Å². The number of benzene rings is 3. The van der Waals surface area contributed by atoms with E-state index in [1.165, 1.54) is 13.2 Å². The molecule has 3 aromatic carbocycles. The molecule has 35 heavy (non-hydrogen) atoms. The molecule has 0 unspecified atom stereocenters. The molecule has 1 heterocycles. The maximum Gasteiger partial charge on any atom is 0.240 e. The van der Waals surface area contributed by atoms with Crippen molar-refractivity contribution < 1.29 is 22.3 Å². The average molecular weight is 500 g/mol. The molecule has 4 rings (SSSR count). The number of carbonyl (C=O) groups excluding carboxylic acids is 1. The second kappa shape index (κ2) is 11.2. The third kappa shape index (κ3) is 6.56. The summed E-state index contributed by atoms with van der Waals surface area (Å²) in [6.45, 7) is 2.24. The van der Waals surface area contributed by atoms with E-state index in [2.05, 4.69) is 14.9 Å². The van der Waals surface area contributed by atoms with Gasteiger partial charge >= 0.3 is 0 Å². The van der Waals surface area contributed by atoms with Crippen LogP contribution in [0.15, 0.2) is 65.6 Å². The summed E-state index contributed by atoms with van der Waals surface area (Å²) in [5.41, 5.74) is 0.879. The van der Waals surface area contributed by atoms with E-state index in [9.17, 15) is 17.6 Å². The van der Waals surface area contributed by atoms with Crippen LogP contribution >= 0.6 is 0 Å². The summed E-state index contributed by atoms with van der Waals surface area (Å²) in [6, 6.07) is 17.5. The zero-order valence-electron chi connectivity index (χ0n) is 19.7. The highest BCUT2D eigenvalue weighted by Crippen LogP contribution is 2.21. The number of nitrogens with one attached hydrogen (secondary N) is 2. The van der Waals surface area contributed by atoms with E-state index in [0.717, 1.165) is 42.3 Å². The largest absolute Gasteiger partial charge is 0.494 e. The third-order valence-electron chi connectivity index (χ3n) is 6.25. The number of hydrogen-bond acceptors (Lipinski definition) is 5. The number of hydrogen-bond donors (Lipinski definition) is 2. The molecule has 1 aliphatic rings. The van der Waals surface area contributed by atoms with E-state index in [-0.39, 0.29) is 41.4 Å². The Morgan fingerprint density at radius 2 is 1.80 bits per heavy atom. The maximum atomic E-state index is 13.9. The number of amides is 1. The fourth-order valence-electron chi connectivity index (χ4n) is 4.32. The van der Waals surface area contributed by atoms with Crippen LogP contribution in [0.25, 0.3) is 10.8 Å². The van der Waals surface area contributed by atoms with E-state index in [1.807, 2.05) is 30.3 Å². The molecule has 0 atom stereocenters. The van der Waals surface area contributed by atoms with Crippen molar-refractivity contribution in [1.29, 1.82) is 0 Å². The maximum absolute atomic E-state index is 13.9. The van der Waals surface area contributed by atoms with Crippen LogP contribution in [0.2, 0.25) is 0 Å². The summed E-state index contributed by atoms with van der Waals surface area (Å²) in [5, 5.41) is 4.81. The monoisotopic (exact) mass is 499 g/mol. The summed E-state index contributed by atoms with van der Waals surface area (Å²) < 4.78 is 46.6. The second-order valence-corrected chi connectivity index (χ2v) is 10.5. The van der Waals surface area contributed by atoms with Crippen molar-refractivity contribution in [3.8, 4) is 5.75 Å². The Bertz CT molecular complexity index is 1290. The van der Waals surface area contributed by atoms with Gasteiger partial charge in [0.1, 0.15) is 0 Å². The number of carbonyl (C=O) groups is 1. The molecule has 0 spiro atoms. The molecular weight excluding hydrogens is 469 g/mol. The van der Waals surface area contributed by atoms with Gasteiger partial charge in [-0.1, -0.05) is 36.4 Å². The summed E-state index contributed by atoms with van der Waals surface area (Å²) in [4.78, 5) is 14.8. The standard InChI is InChI=1S/C26H30FN3O4S/c1-34-25-9-6-19(16-24(25)27)18-30-14-11-22(12-15-30)29-26(31)10-13-28-35(32,33)23-8-7-20-4-2-3-5-21(20)17-23/h2-9,16-17,22,28H,10-15,18H2,1H3,(H,29,31). The van der Waals surface area contributed by atoms with Crippen molar-refractivity contribution in [1.82, 2.24) is 14.9 Å². The highest BCUT2D eigenvalue weighted by molar-refractivity contribution is 7.89. The van der Waals surface area contributed by atoms with E-state index < -0.39 is 10.0 Å². The molecule has 0 aromatic heterocycles. The number of sulfonamides is 1. The highest BCUT2D eigenvalue weighted by atomic mass is 32.2. The van der Waals surface area contributed by atoms with Crippen LogP contribution in [0.1, 0.15) is 24.8 Å². The van der Waals surface area contributed by atoms with Crippen LogP contribution in [-0.4, -0.2) is 52.0 Å². The van der Waals surface area contributed by atoms with Crippen molar-refractivity contribution in [2.24, 2.45) is 0 Å². The minimum atomic E-state index is -3.70. The molecule has 1 fully saturated rings. The van der Waals surface area contributed by atoms with E-state index in [4.69, 9.17) is 4.74 Å². The SMILES string of the molecule is COc1ccc(CN2CCC(NC(=O)CCNS(=O)(=O)c3ccc4ccccc4c3)CC2)cc1F. The molecule has 1 amide bonds. The Kier molecular flexibility index (Phi) is 8.00. The van der Waals surface area contributed by atoms with Gasteiger partial charge in [-0.05, 0) is 53.4 Å². The Morgan fingerprint density at radius 3 is 2.51 bits per heavy atom. The van der Waals surface area contributed by atoms with Gasteiger partial charge in [-0.15, -0.1) is 0 Å². The van der Waals surface area contributed by atoms with Crippen LogP contribution < -0.4 is 14.8 Å². The molecule has 7 nitrogen and oxygen atoms in total. The zero-order chi connectivity index (χ0) is 24.8. The van der Waals surface area contributed by atoms with Gasteiger partial charge in [0.2, 0.25) is 15.9 Å². The van der Waals surface area contributed by atoms with Crippen molar-refractivity contribution >= 4 is 26.7 Å². The van der Waals surface area contributed by atoms with E-state index >= 15 is 0 Å². The molecule has 0 bridgehead atoms. The van der Waals surface area contributed by atoms with Crippen molar-refractivity contribution in [2.75, 3.05) is 26.7 Å². The number of piperidine rings is 1. The fraction of sp³-hybridized carbons (Fsp3) is 0.346. The van der Waals surface area contributed by atoms with Crippen LogP contribution in [0, 0.1) is 5.82 Å². The molecule has 0 radical (unpaired) electrons. The Balaban J connectivity index is 1.20. The minimum absolute atomic E-state index is 0.0306. The third-order valence-corrected chi connectivity index (χ3v) is 7.71. The van der Waals surface area contributed by atoms with Gasteiger partial charge in [-0.2, -0.15) is 0 Å². The number of halogens is 1. The molecule has 186 valence electrons.